The van der Waals surface area contributed by atoms with E-state index in [-0.39, 0.29) is 5.41 Å². The lowest BCUT2D eigenvalue weighted by Crippen LogP contribution is -2.31. The van der Waals surface area contributed by atoms with E-state index in [1.165, 1.54) is 33.4 Å². The Morgan fingerprint density at radius 1 is 0.630 bits per heavy atom. The van der Waals surface area contributed by atoms with Crippen LogP contribution < -0.4 is 0 Å². The van der Waals surface area contributed by atoms with Gasteiger partial charge in [-0.2, -0.15) is 0 Å². The number of nitrogens with zero attached hydrogens (tertiary/aromatic N) is 3. The van der Waals surface area contributed by atoms with Gasteiger partial charge in [-0.1, -0.05) is 136 Å². The highest BCUT2D eigenvalue weighted by atomic mass is 15.2. The van der Waals surface area contributed by atoms with Crippen LogP contribution in [0.15, 0.2) is 151 Å². The van der Waals surface area contributed by atoms with E-state index in [0.717, 1.165) is 45.3 Å². The van der Waals surface area contributed by atoms with E-state index in [4.69, 9.17) is 9.98 Å². The summed E-state index contributed by atoms with van der Waals surface area (Å²) in [4.78, 5) is 10.5. The van der Waals surface area contributed by atoms with E-state index in [1.54, 1.807) is 0 Å². The summed E-state index contributed by atoms with van der Waals surface area (Å²) in [6.45, 7) is 6.77. The SMILES string of the molecule is CC(C)(C)c1ccc(-c2ccc3c(c2)C2=CC4(C=CC2=N3)c2ccccc2-c2nc(-c3ccccc3)c(-c3ccccc3)n24)cc1. The van der Waals surface area contributed by atoms with Crippen LogP contribution in [0.5, 0.6) is 0 Å². The third kappa shape index (κ3) is 3.91. The van der Waals surface area contributed by atoms with E-state index in [0.29, 0.717) is 0 Å². The molecule has 1 aromatic heterocycles. The third-order valence-corrected chi connectivity index (χ3v) is 9.69. The maximum Gasteiger partial charge on any atom is 0.142 e. The summed E-state index contributed by atoms with van der Waals surface area (Å²) in [5.41, 5.74) is 14.5. The molecule has 3 heterocycles. The average Bonchev–Trinajstić information content (AvgIpc) is 3.74. The fraction of sp³-hybridized carbons (Fsp3) is 0.116. The van der Waals surface area contributed by atoms with Crippen molar-refractivity contribution in [2.45, 2.75) is 31.7 Å². The van der Waals surface area contributed by atoms with E-state index >= 15 is 0 Å². The van der Waals surface area contributed by atoms with Crippen molar-refractivity contribution in [3.05, 3.63) is 162 Å². The lowest BCUT2D eigenvalue weighted by molar-refractivity contribution is 0.590. The zero-order chi connectivity index (χ0) is 31.0. The summed E-state index contributed by atoms with van der Waals surface area (Å²) in [5, 5.41) is 0. The number of hydrogen-bond acceptors (Lipinski definition) is 2. The molecule has 3 heteroatoms. The topological polar surface area (TPSA) is 30.2 Å². The summed E-state index contributed by atoms with van der Waals surface area (Å²) in [6.07, 6.45) is 6.98. The molecule has 9 rings (SSSR count). The second-order valence-corrected chi connectivity index (χ2v) is 13.5. The molecule has 5 aromatic carbocycles. The quantitative estimate of drug-likeness (QED) is 0.201. The number of allylic oxidation sites excluding steroid dienone is 4. The number of aliphatic imine (C=N–C) groups is 1. The molecule has 0 radical (unpaired) electrons. The fourth-order valence-electron chi connectivity index (χ4n) is 7.35. The first-order chi connectivity index (χ1) is 22.4. The van der Waals surface area contributed by atoms with E-state index in [1.807, 2.05) is 0 Å². The van der Waals surface area contributed by atoms with Crippen LogP contribution in [-0.2, 0) is 11.0 Å². The molecule has 1 unspecified atom stereocenters. The highest BCUT2D eigenvalue weighted by Gasteiger charge is 2.46. The Labute approximate surface area is 270 Å². The molecule has 46 heavy (non-hydrogen) atoms. The normalized spacial score (nSPS) is 17.3. The van der Waals surface area contributed by atoms with Gasteiger partial charge in [0.25, 0.3) is 0 Å². The van der Waals surface area contributed by atoms with Crippen molar-refractivity contribution < 1.29 is 0 Å². The molecular weight excluding hydrogens is 558 g/mol. The van der Waals surface area contributed by atoms with Crippen molar-refractivity contribution in [1.82, 2.24) is 9.55 Å². The van der Waals surface area contributed by atoms with Crippen LogP contribution >= 0.6 is 0 Å². The molecule has 0 amide bonds. The Kier molecular flexibility index (Phi) is 5.67. The summed E-state index contributed by atoms with van der Waals surface area (Å²) < 4.78 is 2.46. The first-order valence-electron chi connectivity index (χ1n) is 16.0. The smallest absolute Gasteiger partial charge is 0.142 e. The predicted octanol–water partition coefficient (Wildman–Crippen LogP) is 10.6. The summed E-state index contributed by atoms with van der Waals surface area (Å²) in [5.74, 6) is 0.987. The Morgan fingerprint density at radius 2 is 1.30 bits per heavy atom. The average molecular weight is 592 g/mol. The van der Waals surface area contributed by atoms with Crippen molar-refractivity contribution in [2.75, 3.05) is 0 Å². The molecule has 0 bridgehead atoms. The number of hydrogen-bond donors (Lipinski definition) is 0. The summed E-state index contributed by atoms with van der Waals surface area (Å²) in [6, 6.07) is 45.7. The highest BCUT2D eigenvalue weighted by Crippen LogP contribution is 2.54. The molecular formula is C43H33N3. The fourth-order valence-corrected chi connectivity index (χ4v) is 7.35. The number of benzene rings is 5. The Hall–Kier alpha value is -5.54. The molecule has 0 saturated carbocycles. The van der Waals surface area contributed by atoms with Gasteiger partial charge in [0.1, 0.15) is 11.4 Å². The van der Waals surface area contributed by atoms with Gasteiger partial charge in [0.15, 0.2) is 0 Å². The zero-order valence-electron chi connectivity index (χ0n) is 26.2. The van der Waals surface area contributed by atoms with Gasteiger partial charge in [0.2, 0.25) is 0 Å². The van der Waals surface area contributed by atoms with Crippen LogP contribution in [0, 0.1) is 0 Å². The van der Waals surface area contributed by atoms with Gasteiger partial charge in [-0.05, 0) is 58.0 Å². The minimum absolute atomic E-state index is 0.121. The maximum absolute atomic E-state index is 5.41. The second-order valence-electron chi connectivity index (χ2n) is 13.5. The van der Waals surface area contributed by atoms with Crippen LogP contribution in [0.25, 0.3) is 50.6 Å². The minimum Gasteiger partial charge on any atom is -0.306 e. The summed E-state index contributed by atoms with van der Waals surface area (Å²) in [7, 11) is 0. The van der Waals surface area contributed by atoms with E-state index < -0.39 is 5.54 Å². The van der Waals surface area contributed by atoms with Crippen LogP contribution in [0.1, 0.15) is 37.5 Å². The van der Waals surface area contributed by atoms with Crippen LogP contribution in [-0.4, -0.2) is 15.3 Å². The lowest BCUT2D eigenvalue weighted by Gasteiger charge is -2.32. The van der Waals surface area contributed by atoms with Crippen LogP contribution in [0.2, 0.25) is 0 Å². The Bertz CT molecular complexity index is 2260. The first-order valence-corrected chi connectivity index (χ1v) is 16.0. The maximum atomic E-state index is 5.41. The molecule has 220 valence electrons. The highest BCUT2D eigenvalue weighted by molar-refractivity contribution is 6.35. The molecule has 3 nitrogen and oxygen atoms in total. The zero-order valence-corrected chi connectivity index (χ0v) is 26.2. The molecule has 0 N–H and O–H groups in total. The molecule has 1 atom stereocenters. The molecule has 1 spiro atoms. The predicted molar refractivity (Wildman–Crippen MR) is 190 cm³/mol. The Balaban J connectivity index is 1.26. The van der Waals surface area contributed by atoms with Crippen molar-refractivity contribution in [2.24, 2.45) is 4.99 Å². The molecule has 2 aliphatic heterocycles. The van der Waals surface area contributed by atoms with E-state index in [9.17, 15) is 0 Å². The minimum atomic E-state index is -0.558. The van der Waals surface area contributed by atoms with Gasteiger partial charge in [-0.25, -0.2) is 9.98 Å². The lowest BCUT2D eigenvalue weighted by atomic mass is 9.80. The summed E-state index contributed by atoms with van der Waals surface area (Å²) >= 11 is 0. The van der Waals surface area contributed by atoms with Gasteiger partial charge in [0, 0.05) is 27.8 Å². The van der Waals surface area contributed by atoms with E-state index in [2.05, 4.69) is 171 Å². The number of aromatic nitrogens is 2. The molecule has 0 fully saturated rings. The largest absolute Gasteiger partial charge is 0.306 e. The van der Waals surface area contributed by atoms with Crippen molar-refractivity contribution in [1.29, 1.82) is 0 Å². The standard InChI is InChI=1S/C43H33N3/c1-42(2,3)32-21-18-28(19-22-32)31-20-23-37-34(26-31)35-27-43(25-24-38(35)44-37)36-17-11-10-16-33(36)41-45-39(29-12-6-4-7-13-29)40(46(41)43)30-14-8-5-9-15-30/h4-27H,1-3H3. The second kappa shape index (κ2) is 9.73. The van der Waals surface area contributed by atoms with Gasteiger partial charge in [0.05, 0.1) is 22.8 Å². The van der Waals surface area contributed by atoms with Gasteiger partial charge in [-0.15, -0.1) is 0 Å². The van der Waals surface area contributed by atoms with Crippen molar-refractivity contribution in [3.63, 3.8) is 0 Å². The van der Waals surface area contributed by atoms with Gasteiger partial charge < -0.3 is 4.57 Å². The van der Waals surface area contributed by atoms with Crippen LogP contribution in [0.4, 0.5) is 5.69 Å². The molecule has 0 saturated heterocycles. The third-order valence-electron chi connectivity index (χ3n) is 9.69. The number of imidazole rings is 1. The van der Waals surface area contributed by atoms with Crippen LogP contribution in [0.3, 0.4) is 0 Å². The number of rotatable bonds is 3. The number of fused-ring (bicyclic) bond motifs is 8. The van der Waals surface area contributed by atoms with Gasteiger partial charge >= 0.3 is 0 Å². The van der Waals surface area contributed by atoms with Crippen molar-refractivity contribution >= 4 is 17.0 Å². The first kappa shape index (κ1) is 26.8. The Morgan fingerprint density at radius 3 is 2.04 bits per heavy atom. The monoisotopic (exact) mass is 591 g/mol. The molecule has 6 aromatic rings. The van der Waals surface area contributed by atoms with Gasteiger partial charge in [-0.3, -0.25) is 0 Å². The molecule has 1 aliphatic carbocycles. The van der Waals surface area contributed by atoms with Crippen molar-refractivity contribution in [3.8, 4) is 45.0 Å². The molecule has 3 aliphatic rings.